The van der Waals surface area contributed by atoms with Crippen molar-refractivity contribution in [1.29, 1.82) is 0 Å². The number of fused-ring (bicyclic) bond motifs is 1. The summed E-state index contributed by atoms with van der Waals surface area (Å²) in [6.07, 6.45) is -0.440. The van der Waals surface area contributed by atoms with Crippen molar-refractivity contribution in [2.24, 2.45) is 5.73 Å². The molecule has 0 fully saturated rings. The van der Waals surface area contributed by atoms with Crippen LogP contribution in [0.1, 0.15) is 6.92 Å². The second-order valence-corrected chi connectivity index (χ2v) is 2.61. The van der Waals surface area contributed by atoms with Crippen LogP contribution in [0.5, 0.6) is 5.75 Å². The van der Waals surface area contributed by atoms with E-state index in [4.69, 9.17) is 20.6 Å². The van der Waals surface area contributed by atoms with Crippen LogP contribution in [0.3, 0.4) is 0 Å². The molecule has 12 heavy (non-hydrogen) atoms. The largest absolute Gasteiger partial charge is 0.452 e. The van der Waals surface area contributed by atoms with E-state index in [9.17, 15) is 0 Å². The van der Waals surface area contributed by atoms with Crippen molar-refractivity contribution in [3.8, 4) is 5.75 Å². The van der Waals surface area contributed by atoms with Crippen LogP contribution in [0, 0.1) is 0 Å². The molecular formula is C7H11N3O2. The van der Waals surface area contributed by atoms with E-state index in [-0.39, 0.29) is 0 Å². The smallest absolute Gasteiger partial charge is 0.244 e. The lowest BCUT2D eigenvalue weighted by Gasteiger charge is -2.17. The summed E-state index contributed by atoms with van der Waals surface area (Å²) < 4.78 is 10.5. The van der Waals surface area contributed by atoms with Gasteiger partial charge in [-0.2, -0.15) is 0 Å². The third-order valence-electron chi connectivity index (χ3n) is 1.86. The molecule has 1 aromatic heterocycles. The van der Waals surface area contributed by atoms with E-state index in [0.29, 0.717) is 17.5 Å². The zero-order valence-electron chi connectivity index (χ0n) is 6.78. The summed E-state index contributed by atoms with van der Waals surface area (Å²) in [6.45, 7) is 2.71. The standard InChI is InChI=1S/C7H11N3O2/c1-2-10-6-4(11-7(10)9)3-5(8)12-6/h3,7H,2,8-9H2,1H3. The number of anilines is 2. The number of hydrogen-bond donors (Lipinski definition) is 2. The molecule has 1 atom stereocenters. The van der Waals surface area contributed by atoms with Crippen LogP contribution in [0.4, 0.5) is 11.8 Å². The molecule has 0 radical (unpaired) electrons. The topological polar surface area (TPSA) is 77.7 Å². The van der Waals surface area contributed by atoms with Gasteiger partial charge in [0.05, 0.1) is 0 Å². The summed E-state index contributed by atoms with van der Waals surface area (Å²) in [4.78, 5) is 1.80. The molecule has 1 unspecified atom stereocenters. The van der Waals surface area contributed by atoms with Crippen LogP contribution in [0.25, 0.3) is 0 Å². The molecule has 0 saturated heterocycles. The predicted octanol–water partition coefficient (Wildman–Crippen LogP) is 0.323. The van der Waals surface area contributed by atoms with Crippen molar-refractivity contribution >= 4 is 11.8 Å². The SMILES string of the molecule is CCN1c2oc(N)cc2OC1N. The molecule has 2 rings (SSSR count). The van der Waals surface area contributed by atoms with Crippen LogP contribution in [-0.2, 0) is 0 Å². The molecule has 4 N–H and O–H groups in total. The number of nitrogen functional groups attached to an aromatic ring is 1. The molecule has 1 aliphatic rings. The van der Waals surface area contributed by atoms with E-state index in [1.54, 1.807) is 11.0 Å². The van der Waals surface area contributed by atoms with Crippen LogP contribution >= 0.6 is 0 Å². The number of furan rings is 1. The number of hydrogen-bond acceptors (Lipinski definition) is 5. The van der Waals surface area contributed by atoms with Gasteiger partial charge in [-0.1, -0.05) is 0 Å². The fourth-order valence-corrected chi connectivity index (χ4v) is 1.30. The average molecular weight is 169 g/mol. The minimum atomic E-state index is -0.440. The molecule has 5 heteroatoms. The van der Waals surface area contributed by atoms with Gasteiger partial charge in [0.25, 0.3) is 0 Å². The lowest BCUT2D eigenvalue weighted by atomic mass is 10.5. The Kier molecular flexibility index (Phi) is 1.41. The van der Waals surface area contributed by atoms with Gasteiger partial charge < -0.3 is 14.9 Å². The van der Waals surface area contributed by atoms with E-state index < -0.39 is 6.35 Å². The normalized spacial score (nSPS) is 20.8. The van der Waals surface area contributed by atoms with Gasteiger partial charge in [0.15, 0.2) is 11.6 Å². The van der Waals surface area contributed by atoms with Crippen molar-refractivity contribution in [2.75, 3.05) is 17.2 Å². The Balaban J connectivity index is 2.38. The van der Waals surface area contributed by atoms with Crippen LogP contribution in [-0.4, -0.2) is 12.9 Å². The van der Waals surface area contributed by atoms with Gasteiger partial charge in [0.1, 0.15) is 0 Å². The minimum absolute atomic E-state index is 0.352. The van der Waals surface area contributed by atoms with E-state index >= 15 is 0 Å². The molecule has 1 aliphatic heterocycles. The van der Waals surface area contributed by atoms with Gasteiger partial charge in [-0.3, -0.25) is 10.6 Å². The molecule has 0 saturated carbocycles. The second kappa shape index (κ2) is 2.31. The van der Waals surface area contributed by atoms with E-state index in [2.05, 4.69) is 0 Å². The third kappa shape index (κ3) is 0.831. The van der Waals surface area contributed by atoms with Gasteiger partial charge >= 0.3 is 0 Å². The zero-order valence-corrected chi connectivity index (χ0v) is 6.78. The van der Waals surface area contributed by atoms with Crippen molar-refractivity contribution in [1.82, 2.24) is 0 Å². The Morgan fingerprint density at radius 1 is 1.67 bits per heavy atom. The van der Waals surface area contributed by atoms with Crippen molar-refractivity contribution in [3.05, 3.63) is 6.07 Å². The summed E-state index contributed by atoms with van der Waals surface area (Å²) in [5.74, 6) is 1.61. The number of ether oxygens (including phenoxy) is 1. The van der Waals surface area contributed by atoms with E-state index in [1.165, 1.54) is 0 Å². The Hall–Kier alpha value is -1.36. The first-order valence-corrected chi connectivity index (χ1v) is 3.80. The summed E-state index contributed by atoms with van der Waals surface area (Å²) >= 11 is 0. The van der Waals surface area contributed by atoms with Gasteiger partial charge in [-0.05, 0) is 6.92 Å². The average Bonchev–Trinajstić information content (AvgIpc) is 2.43. The Morgan fingerprint density at radius 3 is 3.08 bits per heavy atom. The van der Waals surface area contributed by atoms with Crippen molar-refractivity contribution in [2.45, 2.75) is 13.3 Å². The van der Waals surface area contributed by atoms with Gasteiger partial charge in [0.2, 0.25) is 12.2 Å². The zero-order chi connectivity index (χ0) is 8.72. The molecule has 2 heterocycles. The predicted molar refractivity (Wildman–Crippen MR) is 44.7 cm³/mol. The fraction of sp³-hybridized carbons (Fsp3) is 0.429. The quantitative estimate of drug-likeness (QED) is 0.633. The highest BCUT2D eigenvalue weighted by atomic mass is 16.5. The summed E-state index contributed by atoms with van der Waals surface area (Å²) in [5, 5.41) is 0. The monoisotopic (exact) mass is 169 g/mol. The van der Waals surface area contributed by atoms with E-state index in [0.717, 1.165) is 6.54 Å². The number of nitrogens with two attached hydrogens (primary N) is 2. The molecule has 66 valence electrons. The van der Waals surface area contributed by atoms with E-state index in [1.807, 2.05) is 6.92 Å². The molecule has 0 bridgehead atoms. The number of nitrogens with zero attached hydrogens (tertiary/aromatic N) is 1. The molecule has 1 aromatic rings. The van der Waals surface area contributed by atoms with Gasteiger partial charge in [-0.25, -0.2) is 0 Å². The lowest BCUT2D eigenvalue weighted by Crippen LogP contribution is -2.41. The maximum absolute atomic E-state index is 5.64. The van der Waals surface area contributed by atoms with Crippen LogP contribution in [0.15, 0.2) is 10.5 Å². The van der Waals surface area contributed by atoms with Gasteiger partial charge in [-0.15, -0.1) is 0 Å². The van der Waals surface area contributed by atoms with Crippen LogP contribution < -0.4 is 21.1 Å². The van der Waals surface area contributed by atoms with Crippen LogP contribution in [0.2, 0.25) is 0 Å². The maximum Gasteiger partial charge on any atom is 0.244 e. The molecule has 0 aliphatic carbocycles. The molecule has 0 aromatic carbocycles. The minimum Gasteiger partial charge on any atom is -0.452 e. The Bertz CT molecular complexity index is 297. The highest BCUT2D eigenvalue weighted by molar-refractivity contribution is 5.59. The third-order valence-corrected chi connectivity index (χ3v) is 1.86. The fourth-order valence-electron chi connectivity index (χ4n) is 1.30. The first-order valence-electron chi connectivity index (χ1n) is 3.80. The molecule has 5 nitrogen and oxygen atoms in total. The summed E-state index contributed by atoms with van der Waals surface area (Å²) in [6, 6.07) is 1.63. The first-order chi connectivity index (χ1) is 5.72. The summed E-state index contributed by atoms with van der Waals surface area (Å²) in [5.41, 5.74) is 11.1. The molecular weight excluding hydrogens is 158 g/mol. The lowest BCUT2D eigenvalue weighted by molar-refractivity contribution is 0.232. The van der Waals surface area contributed by atoms with Crippen molar-refractivity contribution in [3.63, 3.8) is 0 Å². The maximum atomic E-state index is 5.64. The molecule has 0 spiro atoms. The Labute approximate surface area is 69.9 Å². The second-order valence-electron chi connectivity index (χ2n) is 2.61. The highest BCUT2D eigenvalue weighted by Crippen LogP contribution is 2.39. The Morgan fingerprint density at radius 2 is 2.42 bits per heavy atom. The van der Waals surface area contributed by atoms with Gasteiger partial charge in [0, 0.05) is 12.6 Å². The highest BCUT2D eigenvalue weighted by Gasteiger charge is 2.30. The van der Waals surface area contributed by atoms with Crippen molar-refractivity contribution < 1.29 is 9.15 Å². The molecule has 0 amide bonds. The number of rotatable bonds is 1. The summed E-state index contributed by atoms with van der Waals surface area (Å²) in [7, 11) is 0. The first kappa shape index (κ1) is 7.30.